The molecule has 0 aliphatic heterocycles. The highest BCUT2D eigenvalue weighted by atomic mass is 19.4. The van der Waals surface area contributed by atoms with Crippen molar-refractivity contribution in [1.82, 2.24) is 14.8 Å². The Kier molecular flexibility index (Phi) is 13.4. The van der Waals surface area contributed by atoms with E-state index in [1.54, 1.807) is 26.0 Å². The summed E-state index contributed by atoms with van der Waals surface area (Å²) < 4.78 is 64.3. The molecule has 0 bridgehead atoms. The highest BCUT2D eigenvalue weighted by molar-refractivity contribution is 5.82. The number of ether oxygens (including phenoxy) is 1. The van der Waals surface area contributed by atoms with E-state index in [9.17, 15) is 27.6 Å². The SMILES string of the molecule is CCOC(=O)C[C@H](NC(=O)C(CC(C)C)n1cc(CCCN(C)C)c(C(F)(F)F)cc1=O)c1cc(-c2c(C)cc(C)cc2C)cc(C)c1F. The van der Waals surface area contributed by atoms with Gasteiger partial charge in [0, 0.05) is 17.8 Å². The molecule has 2 aromatic carbocycles. The van der Waals surface area contributed by atoms with Crippen molar-refractivity contribution in [3.8, 4) is 11.1 Å². The smallest absolute Gasteiger partial charge is 0.416 e. The number of carbonyl (C=O) groups is 2. The highest BCUT2D eigenvalue weighted by Gasteiger charge is 2.36. The van der Waals surface area contributed by atoms with Crippen LogP contribution in [0.2, 0.25) is 0 Å². The number of carbonyl (C=O) groups excluding carboxylic acids is 2. The summed E-state index contributed by atoms with van der Waals surface area (Å²) in [6.45, 7) is 13.4. The van der Waals surface area contributed by atoms with E-state index in [2.05, 4.69) is 5.32 Å². The maximum absolute atomic E-state index is 16.0. The first kappa shape index (κ1) is 39.4. The monoisotopic (exact) mass is 687 g/mol. The summed E-state index contributed by atoms with van der Waals surface area (Å²) in [5.41, 5.74) is 2.85. The fourth-order valence-corrected chi connectivity index (χ4v) is 6.40. The van der Waals surface area contributed by atoms with Crippen LogP contribution in [0, 0.1) is 39.4 Å². The third-order valence-corrected chi connectivity index (χ3v) is 8.47. The zero-order chi connectivity index (χ0) is 36.8. The van der Waals surface area contributed by atoms with Gasteiger partial charge in [0.2, 0.25) is 5.91 Å². The average Bonchev–Trinajstić information content (AvgIpc) is 2.96. The zero-order valence-corrected chi connectivity index (χ0v) is 30.0. The Morgan fingerprint density at radius 3 is 2.16 bits per heavy atom. The Morgan fingerprint density at radius 2 is 1.61 bits per heavy atom. The average molecular weight is 688 g/mol. The molecule has 0 saturated carbocycles. The van der Waals surface area contributed by atoms with Gasteiger partial charge >= 0.3 is 12.1 Å². The van der Waals surface area contributed by atoms with Crippen LogP contribution in [0.25, 0.3) is 11.1 Å². The van der Waals surface area contributed by atoms with Gasteiger partial charge in [0.1, 0.15) is 11.9 Å². The molecule has 3 rings (SSSR count). The molecule has 1 amide bonds. The van der Waals surface area contributed by atoms with Crippen molar-refractivity contribution < 1.29 is 31.9 Å². The van der Waals surface area contributed by atoms with Crippen molar-refractivity contribution in [3.05, 3.63) is 91.6 Å². The fourth-order valence-electron chi connectivity index (χ4n) is 6.40. The Hall–Kier alpha value is -3.99. The zero-order valence-electron chi connectivity index (χ0n) is 30.0. The number of benzene rings is 2. The van der Waals surface area contributed by atoms with Crippen LogP contribution in [0.5, 0.6) is 0 Å². The number of hydrogen-bond acceptors (Lipinski definition) is 5. The van der Waals surface area contributed by atoms with Gasteiger partial charge in [-0.3, -0.25) is 14.4 Å². The first-order valence-corrected chi connectivity index (χ1v) is 16.6. The number of esters is 1. The number of nitrogens with zero attached hydrogens (tertiary/aromatic N) is 2. The second-order valence-corrected chi connectivity index (χ2v) is 13.5. The Bertz CT molecular complexity index is 1690. The molecule has 0 fully saturated rings. The minimum Gasteiger partial charge on any atom is -0.466 e. The summed E-state index contributed by atoms with van der Waals surface area (Å²) >= 11 is 0. The maximum atomic E-state index is 16.0. The van der Waals surface area contributed by atoms with Crippen LogP contribution in [0.15, 0.2) is 41.3 Å². The van der Waals surface area contributed by atoms with Gasteiger partial charge in [-0.05, 0) is 126 Å². The van der Waals surface area contributed by atoms with Crippen LogP contribution in [0.3, 0.4) is 0 Å². The second kappa shape index (κ2) is 16.6. The second-order valence-electron chi connectivity index (χ2n) is 13.5. The van der Waals surface area contributed by atoms with Crippen molar-refractivity contribution in [2.24, 2.45) is 5.92 Å². The van der Waals surface area contributed by atoms with Crippen molar-refractivity contribution in [1.29, 1.82) is 0 Å². The number of hydrogen-bond donors (Lipinski definition) is 1. The molecule has 1 unspecified atom stereocenters. The molecule has 268 valence electrons. The molecule has 49 heavy (non-hydrogen) atoms. The van der Waals surface area contributed by atoms with Gasteiger partial charge in [-0.1, -0.05) is 31.5 Å². The van der Waals surface area contributed by atoms with Gasteiger partial charge in [-0.15, -0.1) is 0 Å². The minimum absolute atomic E-state index is 0.0317. The lowest BCUT2D eigenvalue weighted by Crippen LogP contribution is -2.41. The lowest BCUT2D eigenvalue weighted by molar-refractivity contribution is -0.144. The van der Waals surface area contributed by atoms with E-state index in [0.29, 0.717) is 30.2 Å². The number of pyridine rings is 1. The third kappa shape index (κ3) is 10.3. The summed E-state index contributed by atoms with van der Waals surface area (Å²) in [5.74, 6) is -2.17. The van der Waals surface area contributed by atoms with Crippen LogP contribution >= 0.6 is 0 Å². The summed E-state index contributed by atoms with van der Waals surface area (Å²) in [5, 5.41) is 2.79. The van der Waals surface area contributed by atoms with Gasteiger partial charge < -0.3 is 19.5 Å². The van der Waals surface area contributed by atoms with E-state index in [4.69, 9.17) is 4.74 Å². The van der Waals surface area contributed by atoms with Crippen LogP contribution < -0.4 is 10.9 Å². The Labute approximate surface area is 286 Å². The van der Waals surface area contributed by atoms with E-state index in [1.165, 1.54) is 0 Å². The summed E-state index contributed by atoms with van der Waals surface area (Å²) in [4.78, 5) is 42.2. The quantitative estimate of drug-likeness (QED) is 0.138. The van der Waals surface area contributed by atoms with E-state index in [-0.39, 0.29) is 36.5 Å². The molecular weight excluding hydrogens is 638 g/mol. The van der Waals surface area contributed by atoms with Gasteiger partial charge in [0.15, 0.2) is 0 Å². The van der Waals surface area contributed by atoms with E-state index >= 15 is 4.39 Å². The van der Waals surface area contributed by atoms with Gasteiger partial charge in [-0.25, -0.2) is 4.39 Å². The predicted molar refractivity (Wildman–Crippen MR) is 184 cm³/mol. The maximum Gasteiger partial charge on any atom is 0.416 e. The lowest BCUT2D eigenvalue weighted by atomic mass is 9.89. The number of aromatic nitrogens is 1. The molecule has 0 saturated heterocycles. The molecule has 0 radical (unpaired) electrons. The summed E-state index contributed by atoms with van der Waals surface area (Å²) in [7, 11) is 3.62. The molecule has 11 heteroatoms. The first-order chi connectivity index (χ1) is 22.8. The van der Waals surface area contributed by atoms with Crippen molar-refractivity contribution in [3.63, 3.8) is 0 Å². The van der Waals surface area contributed by atoms with E-state index < -0.39 is 53.5 Å². The van der Waals surface area contributed by atoms with Gasteiger partial charge in [-0.2, -0.15) is 13.2 Å². The molecule has 3 aromatic rings. The first-order valence-electron chi connectivity index (χ1n) is 16.6. The van der Waals surface area contributed by atoms with Crippen LogP contribution in [0.4, 0.5) is 17.6 Å². The number of amides is 1. The molecule has 0 aliphatic carbocycles. The molecule has 1 aromatic heterocycles. The number of halogens is 4. The minimum atomic E-state index is -4.76. The molecule has 1 N–H and O–H groups in total. The molecule has 2 atom stereocenters. The standard InChI is InChI=1S/C38H49F4N3O4/c1-10-49-34(47)20-31(29-18-28(17-26(7)36(29)39)35-24(5)15-23(4)16-25(35)6)43-37(48)32(14-22(2)3)45-21-27(12-11-13-44(8)9)30(19-33(45)46)38(40,41)42/h15-19,21-22,31-32H,10-14,20H2,1-9H3,(H,43,48)/t31-,32?/m0/s1. The molecule has 0 aliphatic rings. The van der Waals surface area contributed by atoms with Gasteiger partial charge in [0.05, 0.1) is 24.6 Å². The number of alkyl halides is 3. The third-order valence-electron chi connectivity index (χ3n) is 8.47. The highest BCUT2D eigenvalue weighted by Crippen LogP contribution is 2.35. The predicted octanol–water partition coefficient (Wildman–Crippen LogP) is 7.80. The Morgan fingerprint density at radius 1 is 0.980 bits per heavy atom. The summed E-state index contributed by atoms with van der Waals surface area (Å²) in [6, 6.07) is 5.48. The Balaban J connectivity index is 2.16. The molecular formula is C38H49F4N3O4. The fraction of sp³-hybridized carbons (Fsp3) is 0.500. The summed E-state index contributed by atoms with van der Waals surface area (Å²) in [6.07, 6.45) is -3.51. The molecule has 7 nitrogen and oxygen atoms in total. The van der Waals surface area contributed by atoms with Crippen molar-refractivity contribution in [2.45, 2.75) is 92.4 Å². The van der Waals surface area contributed by atoms with Crippen LogP contribution in [-0.4, -0.2) is 48.6 Å². The van der Waals surface area contributed by atoms with E-state index in [1.807, 2.05) is 65.7 Å². The number of rotatable bonds is 14. The lowest BCUT2D eigenvalue weighted by Gasteiger charge is -2.27. The molecule has 1 heterocycles. The van der Waals surface area contributed by atoms with Crippen molar-refractivity contribution >= 4 is 11.9 Å². The van der Waals surface area contributed by atoms with E-state index in [0.717, 1.165) is 33.0 Å². The van der Waals surface area contributed by atoms with Gasteiger partial charge in [0.25, 0.3) is 5.56 Å². The molecule has 0 spiro atoms. The van der Waals surface area contributed by atoms with Crippen LogP contribution in [-0.2, 0) is 26.9 Å². The normalized spacial score (nSPS) is 13.1. The topological polar surface area (TPSA) is 80.6 Å². The van der Waals surface area contributed by atoms with Crippen molar-refractivity contribution in [2.75, 3.05) is 27.2 Å². The largest absolute Gasteiger partial charge is 0.466 e. The van der Waals surface area contributed by atoms with Crippen LogP contribution in [0.1, 0.15) is 91.1 Å². The number of aryl methyl sites for hydroxylation is 5. The number of nitrogens with one attached hydrogen (secondary N) is 1.